The molecule has 30 heavy (non-hydrogen) atoms. The number of hydrogen-bond acceptors (Lipinski definition) is 6. The maximum absolute atomic E-state index is 9.17. The Morgan fingerprint density at radius 3 is 1.23 bits per heavy atom. The molecule has 4 aromatic rings. The third-order valence-electron chi connectivity index (χ3n) is 4.54. The van der Waals surface area contributed by atoms with E-state index in [9.17, 15) is 0 Å². The van der Waals surface area contributed by atoms with Crippen LogP contribution in [0.3, 0.4) is 0 Å². The standard InChI is InChI=1S/C24H10N4S2/c25-11-15(12-26)9-21-17-5-1-3-7-19(17)23(29-21)24-20-8-4-2-6-18(20)22(30-24)10-16(13-27)14-28/h1-10H. The van der Waals surface area contributed by atoms with E-state index in [-0.39, 0.29) is 11.1 Å². The molecule has 0 aliphatic heterocycles. The molecule has 2 heterocycles. The van der Waals surface area contributed by atoms with Crippen molar-refractivity contribution < 1.29 is 0 Å². The zero-order chi connectivity index (χ0) is 21.1. The van der Waals surface area contributed by atoms with E-state index in [0.29, 0.717) is 0 Å². The van der Waals surface area contributed by atoms with Crippen molar-refractivity contribution in [3.05, 3.63) is 69.4 Å². The Morgan fingerprint density at radius 2 is 0.900 bits per heavy atom. The van der Waals surface area contributed by atoms with Gasteiger partial charge in [0.15, 0.2) is 0 Å². The summed E-state index contributed by atoms with van der Waals surface area (Å²) in [7, 11) is 0. The first kappa shape index (κ1) is 19.1. The minimum atomic E-state index is 0.0564. The van der Waals surface area contributed by atoms with Gasteiger partial charge < -0.3 is 0 Å². The first-order valence-corrected chi connectivity index (χ1v) is 10.4. The van der Waals surface area contributed by atoms with Crippen LogP contribution in [0.4, 0.5) is 0 Å². The zero-order valence-corrected chi connectivity index (χ0v) is 17.0. The summed E-state index contributed by atoms with van der Waals surface area (Å²) in [5.74, 6) is 0. The number of benzene rings is 2. The van der Waals surface area contributed by atoms with E-state index in [4.69, 9.17) is 21.0 Å². The Kier molecular flexibility index (Phi) is 5.13. The van der Waals surface area contributed by atoms with Gasteiger partial charge in [0.25, 0.3) is 0 Å². The van der Waals surface area contributed by atoms with E-state index < -0.39 is 0 Å². The molecule has 0 saturated carbocycles. The van der Waals surface area contributed by atoms with Gasteiger partial charge in [0.1, 0.15) is 35.4 Å². The largest absolute Gasteiger partial charge is 0.192 e. The van der Waals surface area contributed by atoms with Crippen molar-refractivity contribution in [1.82, 2.24) is 0 Å². The molecule has 0 bridgehead atoms. The smallest absolute Gasteiger partial charge is 0.131 e. The van der Waals surface area contributed by atoms with Gasteiger partial charge in [-0.15, -0.1) is 22.7 Å². The van der Waals surface area contributed by atoms with E-state index in [1.807, 2.05) is 72.8 Å². The second-order valence-electron chi connectivity index (χ2n) is 6.25. The minimum Gasteiger partial charge on any atom is -0.192 e. The highest BCUT2D eigenvalue weighted by Crippen LogP contribution is 2.47. The lowest BCUT2D eigenvalue weighted by Crippen LogP contribution is -1.73. The van der Waals surface area contributed by atoms with Gasteiger partial charge in [0, 0.05) is 31.3 Å². The quantitative estimate of drug-likeness (QED) is 0.348. The van der Waals surface area contributed by atoms with Gasteiger partial charge in [-0.25, -0.2) is 0 Å². The van der Waals surface area contributed by atoms with Crippen molar-refractivity contribution in [1.29, 1.82) is 21.0 Å². The second kappa shape index (κ2) is 8.04. The topological polar surface area (TPSA) is 95.2 Å². The summed E-state index contributed by atoms with van der Waals surface area (Å²) in [4.78, 5) is 3.76. The zero-order valence-electron chi connectivity index (χ0n) is 15.4. The van der Waals surface area contributed by atoms with Crippen molar-refractivity contribution in [3.63, 3.8) is 0 Å². The normalized spacial score (nSPS) is 9.87. The molecular weight excluding hydrogens is 408 g/mol. The number of thiophene rings is 2. The van der Waals surface area contributed by atoms with E-state index in [0.717, 1.165) is 41.1 Å². The Hall–Kier alpha value is -4.20. The van der Waals surface area contributed by atoms with Crippen LogP contribution in [0.25, 0.3) is 43.5 Å². The predicted molar refractivity (Wildman–Crippen MR) is 121 cm³/mol. The molecule has 0 amide bonds. The van der Waals surface area contributed by atoms with Crippen LogP contribution < -0.4 is 0 Å². The van der Waals surface area contributed by atoms with Gasteiger partial charge >= 0.3 is 0 Å². The van der Waals surface area contributed by atoms with Gasteiger partial charge in [-0.3, -0.25) is 0 Å². The van der Waals surface area contributed by atoms with Gasteiger partial charge in [-0.1, -0.05) is 48.5 Å². The molecule has 6 heteroatoms. The molecular formula is C24H10N4S2. The molecule has 4 rings (SSSR count). The predicted octanol–water partition coefficient (Wildman–Crippen LogP) is 6.64. The molecule has 0 radical (unpaired) electrons. The molecule has 0 fully saturated rings. The van der Waals surface area contributed by atoms with Crippen molar-refractivity contribution in [2.75, 3.05) is 0 Å². The summed E-state index contributed by atoms with van der Waals surface area (Å²) in [5, 5.41) is 40.7. The molecule has 4 nitrogen and oxygen atoms in total. The average Bonchev–Trinajstić information content (AvgIpc) is 3.34. The van der Waals surface area contributed by atoms with E-state index in [1.165, 1.54) is 22.7 Å². The highest BCUT2D eigenvalue weighted by Gasteiger charge is 2.18. The first-order chi connectivity index (χ1) is 14.7. The van der Waals surface area contributed by atoms with Crippen LogP contribution in [-0.4, -0.2) is 0 Å². The summed E-state index contributed by atoms with van der Waals surface area (Å²) in [6.07, 6.45) is 3.24. The SMILES string of the molecule is N#CC(C#N)=Cc1sc(-c2sc(C=C(C#N)C#N)c3ccccc23)c2ccccc12. The fraction of sp³-hybridized carbons (Fsp3) is 0. The Bertz CT molecular complexity index is 1390. The number of nitrogens with zero attached hydrogens (tertiary/aromatic N) is 4. The number of hydrogen-bond donors (Lipinski definition) is 0. The van der Waals surface area contributed by atoms with Crippen LogP contribution >= 0.6 is 22.7 Å². The van der Waals surface area contributed by atoms with Crippen LogP contribution in [0, 0.1) is 45.3 Å². The number of fused-ring (bicyclic) bond motifs is 2. The van der Waals surface area contributed by atoms with Crippen molar-refractivity contribution in [2.45, 2.75) is 0 Å². The lowest BCUT2D eigenvalue weighted by atomic mass is 10.1. The molecule has 2 aromatic carbocycles. The molecule has 0 saturated heterocycles. The van der Waals surface area contributed by atoms with E-state index >= 15 is 0 Å². The third kappa shape index (κ3) is 3.24. The number of allylic oxidation sites excluding steroid dienone is 2. The molecule has 0 spiro atoms. The monoisotopic (exact) mass is 418 g/mol. The third-order valence-corrected chi connectivity index (χ3v) is 7.04. The minimum absolute atomic E-state index is 0.0564. The molecule has 0 aliphatic carbocycles. The Morgan fingerprint density at radius 1 is 0.567 bits per heavy atom. The molecule has 0 N–H and O–H groups in total. The lowest BCUT2D eigenvalue weighted by molar-refractivity contribution is 1.47. The van der Waals surface area contributed by atoms with Gasteiger partial charge in [0.05, 0.1) is 9.75 Å². The van der Waals surface area contributed by atoms with Gasteiger partial charge in [-0.2, -0.15) is 21.0 Å². The fourth-order valence-electron chi connectivity index (χ4n) is 3.22. The highest BCUT2D eigenvalue weighted by molar-refractivity contribution is 7.25. The second-order valence-corrected chi connectivity index (χ2v) is 8.35. The van der Waals surface area contributed by atoms with Gasteiger partial charge in [-0.05, 0) is 12.2 Å². The molecule has 2 aromatic heterocycles. The van der Waals surface area contributed by atoms with E-state index in [2.05, 4.69) is 0 Å². The maximum Gasteiger partial charge on any atom is 0.131 e. The molecule has 0 unspecified atom stereocenters. The van der Waals surface area contributed by atoms with Crippen LogP contribution in [0.1, 0.15) is 9.75 Å². The number of rotatable bonds is 3. The first-order valence-electron chi connectivity index (χ1n) is 8.77. The summed E-state index contributed by atoms with van der Waals surface area (Å²) in [6.45, 7) is 0. The Labute approximate surface area is 180 Å². The van der Waals surface area contributed by atoms with Crippen LogP contribution in [-0.2, 0) is 0 Å². The summed E-state index contributed by atoms with van der Waals surface area (Å²) < 4.78 is 0. The average molecular weight is 419 g/mol. The summed E-state index contributed by atoms with van der Waals surface area (Å²) >= 11 is 3.05. The van der Waals surface area contributed by atoms with Crippen molar-refractivity contribution in [2.24, 2.45) is 0 Å². The molecule has 0 atom stereocenters. The summed E-state index contributed by atoms with van der Waals surface area (Å²) in [6, 6.07) is 23.5. The summed E-state index contributed by atoms with van der Waals surface area (Å²) in [5.41, 5.74) is 0.113. The van der Waals surface area contributed by atoms with Crippen molar-refractivity contribution >= 4 is 56.4 Å². The van der Waals surface area contributed by atoms with Crippen LogP contribution in [0.15, 0.2) is 59.7 Å². The fourth-order valence-corrected chi connectivity index (χ4v) is 5.83. The molecule has 0 aliphatic rings. The maximum atomic E-state index is 9.17. The van der Waals surface area contributed by atoms with Crippen molar-refractivity contribution in [3.8, 4) is 34.0 Å². The number of nitriles is 4. The Balaban J connectivity index is 2.04. The van der Waals surface area contributed by atoms with Crippen LogP contribution in [0.5, 0.6) is 0 Å². The lowest BCUT2D eigenvalue weighted by Gasteiger charge is -1.97. The highest BCUT2D eigenvalue weighted by atomic mass is 32.1. The molecule has 138 valence electrons. The van der Waals surface area contributed by atoms with Crippen LogP contribution in [0.2, 0.25) is 0 Å². The van der Waals surface area contributed by atoms with E-state index in [1.54, 1.807) is 12.2 Å². The van der Waals surface area contributed by atoms with Gasteiger partial charge in [0.2, 0.25) is 0 Å².